The summed E-state index contributed by atoms with van der Waals surface area (Å²) in [4.78, 5) is 2.63. The van der Waals surface area contributed by atoms with Crippen LogP contribution in [-0.2, 0) is 11.8 Å². The molecule has 0 saturated heterocycles. The van der Waals surface area contributed by atoms with Crippen LogP contribution in [0.3, 0.4) is 0 Å². The summed E-state index contributed by atoms with van der Waals surface area (Å²) in [6.07, 6.45) is 20.5. The summed E-state index contributed by atoms with van der Waals surface area (Å²) in [7, 11) is 0. The van der Waals surface area contributed by atoms with Crippen molar-refractivity contribution >= 4 is 51.6 Å². The summed E-state index contributed by atoms with van der Waals surface area (Å²) >= 11 is 6.49. The lowest BCUT2D eigenvalue weighted by atomic mass is 10.1. The van der Waals surface area contributed by atoms with Crippen LogP contribution in [-0.4, -0.2) is 13.1 Å². The Morgan fingerprint density at radius 1 is 0.453 bits per heavy atom. The molecule has 0 atom stereocenters. The maximum Gasteiger partial charge on any atom is 0.0379 e. The van der Waals surface area contributed by atoms with Gasteiger partial charge in [-0.1, -0.05) is 211 Å². The fourth-order valence-electron chi connectivity index (χ4n) is 6.82. The van der Waals surface area contributed by atoms with E-state index in [-0.39, 0.29) is 0 Å². The first-order valence-electron chi connectivity index (χ1n) is 20.1. The van der Waals surface area contributed by atoms with E-state index in [1.165, 1.54) is 110 Å². The van der Waals surface area contributed by atoms with Crippen LogP contribution in [0, 0.1) is 11.8 Å². The van der Waals surface area contributed by atoms with Gasteiger partial charge in [0, 0.05) is 35.9 Å². The number of nitrogens with zero attached hydrogens (tertiary/aromatic N) is 1. The number of hydrogen-bond donors (Lipinski definition) is 0. The predicted molar refractivity (Wildman–Crippen MR) is 239 cm³/mol. The predicted octanol–water partition coefficient (Wildman–Crippen LogP) is 12.5. The molecule has 5 aromatic carbocycles. The molecule has 274 valence electrons. The second-order valence-corrected chi connectivity index (χ2v) is 18.6. The summed E-state index contributed by atoms with van der Waals surface area (Å²) < 4.78 is 0. The number of hydrogen-bond acceptors (Lipinski definition) is 2. The second-order valence-electron chi connectivity index (χ2n) is 14.1. The van der Waals surface area contributed by atoms with Gasteiger partial charge in [-0.15, -0.1) is 0 Å². The van der Waals surface area contributed by atoms with Crippen molar-refractivity contribution < 1.29 is 0 Å². The van der Waals surface area contributed by atoms with Gasteiger partial charge in [-0.3, -0.25) is 0 Å². The maximum absolute atomic E-state index is 6.49. The largest absolute Gasteiger partial charge is 0.372 e. The minimum atomic E-state index is -2.16. The monoisotopic (exact) mass is 735 g/mol. The third-order valence-electron chi connectivity index (χ3n) is 10.0. The van der Waals surface area contributed by atoms with Crippen LogP contribution in [0.1, 0.15) is 113 Å². The molecular formula is C50H58NPS. The number of rotatable bonds is 20. The third kappa shape index (κ3) is 12.5. The highest BCUT2D eigenvalue weighted by Crippen LogP contribution is 2.42. The van der Waals surface area contributed by atoms with E-state index in [0.29, 0.717) is 0 Å². The Kier molecular flexibility index (Phi) is 16.7. The zero-order chi connectivity index (χ0) is 37.0. The van der Waals surface area contributed by atoms with Crippen LogP contribution in [0.15, 0.2) is 133 Å². The molecule has 0 aliphatic carbocycles. The van der Waals surface area contributed by atoms with Crippen LogP contribution in [0.25, 0.3) is 12.2 Å². The molecular weight excluding hydrogens is 678 g/mol. The van der Waals surface area contributed by atoms with Crippen molar-refractivity contribution in [3.63, 3.8) is 0 Å². The quantitative estimate of drug-likeness (QED) is 0.0339. The molecule has 0 bridgehead atoms. The number of unbranched alkanes of at least 4 members (excludes halogenated alkanes) is 10. The van der Waals surface area contributed by atoms with Crippen molar-refractivity contribution in [1.29, 1.82) is 0 Å². The fourth-order valence-corrected chi connectivity index (χ4v) is 10.6. The minimum Gasteiger partial charge on any atom is -0.372 e. The van der Waals surface area contributed by atoms with Crippen LogP contribution >= 0.6 is 6.04 Å². The summed E-state index contributed by atoms with van der Waals surface area (Å²) in [6.45, 7) is 6.91. The van der Waals surface area contributed by atoms with Crippen LogP contribution < -0.4 is 20.8 Å². The Morgan fingerprint density at radius 3 is 1.28 bits per heavy atom. The van der Waals surface area contributed by atoms with Gasteiger partial charge in [-0.25, -0.2) is 0 Å². The maximum atomic E-state index is 6.49. The first kappa shape index (κ1) is 40.0. The summed E-state index contributed by atoms with van der Waals surface area (Å²) in [6, 6.07) is 45.2. The molecule has 0 radical (unpaired) electrons. The van der Waals surface area contributed by atoms with Crippen molar-refractivity contribution in [2.24, 2.45) is 0 Å². The first-order valence-corrected chi connectivity index (χ1v) is 22.9. The molecule has 0 aromatic heterocycles. The average Bonchev–Trinajstić information content (AvgIpc) is 3.22. The molecule has 0 unspecified atom stereocenters. The molecule has 3 heteroatoms. The molecule has 5 aromatic rings. The molecule has 1 nitrogen and oxygen atoms in total. The van der Waals surface area contributed by atoms with Gasteiger partial charge in [0.1, 0.15) is 0 Å². The van der Waals surface area contributed by atoms with E-state index >= 15 is 0 Å². The summed E-state index contributed by atoms with van der Waals surface area (Å²) in [5.41, 5.74) is 5.75. The standard InChI is InChI=1S/C50H58NPS/c1-3-5-7-9-11-19-41-51(42-20-12-10-8-6-4-2)47-37-33-45(34-38-47)31-29-43-25-27-44(28-26-43)30-32-46-35-39-50(40-36-46)52(53,48-21-15-13-16-22-48)49-23-17-14-18-24-49/h13-18,21-29,31,33-40H,3-12,19-20,41-42H2,1-2H3/b31-29+. The Balaban J connectivity index is 1.18. The zero-order valence-electron chi connectivity index (χ0n) is 32.1. The van der Waals surface area contributed by atoms with E-state index in [2.05, 4.69) is 176 Å². The normalized spacial score (nSPS) is 11.4. The van der Waals surface area contributed by atoms with Gasteiger partial charge in [0.05, 0.1) is 0 Å². The smallest absolute Gasteiger partial charge is 0.0379 e. The average molecular weight is 736 g/mol. The minimum absolute atomic E-state index is 0.987. The van der Waals surface area contributed by atoms with Gasteiger partial charge in [0.25, 0.3) is 0 Å². The van der Waals surface area contributed by atoms with E-state index < -0.39 is 6.04 Å². The third-order valence-corrected chi connectivity index (χ3v) is 15.0. The molecule has 0 spiro atoms. The Morgan fingerprint density at radius 2 is 0.830 bits per heavy atom. The lowest BCUT2D eigenvalue weighted by Crippen LogP contribution is -2.25. The van der Waals surface area contributed by atoms with Crippen molar-refractivity contribution in [3.8, 4) is 11.8 Å². The zero-order valence-corrected chi connectivity index (χ0v) is 33.8. The molecule has 5 rings (SSSR count). The van der Waals surface area contributed by atoms with E-state index in [0.717, 1.165) is 24.2 Å². The van der Waals surface area contributed by atoms with Crippen LogP contribution in [0.2, 0.25) is 0 Å². The molecule has 0 aliphatic rings. The van der Waals surface area contributed by atoms with Crippen LogP contribution in [0.4, 0.5) is 5.69 Å². The lowest BCUT2D eigenvalue weighted by molar-refractivity contribution is 0.575. The highest BCUT2D eigenvalue weighted by Gasteiger charge is 2.24. The Bertz CT molecular complexity index is 1840. The van der Waals surface area contributed by atoms with Gasteiger partial charge in [0.2, 0.25) is 0 Å². The number of benzene rings is 5. The van der Waals surface area contributed by atoms with Crippen molar-refractivity contribution in [3.05, 3.63) is 156 Å². The summed E-state index contributed by atoms with van der Waals surface area (Å²) in [5, 5.41) is 3.59. The van der Waals surface area contributed by atoms with Crippen molar-refractivity contribution in [2.45, 2.75) is 90.9 Å². The highest BCUT2D eigenvalue weighted by atomic mass is 32.4. The van der Waals surface area contributed by atoms with E-state index in [9.17, 15) is 0 Å². The Labute approximate surface area is 326 Å². The topological polar surface area (TPSA) is 3.24 Å². The van der Waals surface area contributed by atoms with Gasteiger partial charge in [-0.2, -0.15) is 0 Å². The molecule has 0 fully saturated rings. The van der Waals surface area contributed by atoms with E-state index in [4.69, 9.17) is 11.8 Å². The van der Waals surface area contributed by atoms with Crippen LogP contribution in [0.5, 0.6) is 0 Å². The first-order chi connectivity index (χ1) is 26.1. The SMILES string of the molecule is CCCCCCCCN(CCCCCCCC)c1ccc(/C=C/c2ccc(C#Cc3ccc(P(=S)(c4ccccc4)c4ccccc4)cc3)cc2)cc1. The Hall–Kier alpha value is -4.15. The fraction of sp³-hybridized carbons (Fsp3) is 0.320. The van der Waals surface area contributed by atoms with Crippen molar-refractivity contribution in [2.75, 3.05) is 18.0 Å². The van der Waals surface area contributed by atoms with E-state index in [1.807, 2.05) is 0 Å². The molecule has 53 heavy (non-hydrogen) atoms. The van der Waals surface area contributed by atoms with Gasteiger partial charge in [0.15, 0.2) is 0 Å². The molecule has 0 saturated carbocycles. The summed E-state index contributed by atoms with van der Waals surface area (Å²) in [5.74, 6) is 6.72. The van der Waals surface area contributed by atoms with Gasteiger partial charge >= 0.3 is 0 Å². The molecule has 0 amide bonds. The van der Waals surface area contributed by atoms with Crippen molar-refractivity contribution in [1.82, 2.24) is 0 Å². The van der Waals surface area contributed by atoms with E-state index in [1.54, 1.807) is 0 Å². The van der Waals surface area contributed by atoms with Gasteiger partial charge in [-0.05, 0) is 76.3 Å². The second kappa shape index (κ2) is 22.2. The number of anilines is 1. The van der Waals surface area contributed by atoms with Gasteiger partial charge < -0.3 is 4.90 Å². The molecule has 0 aliphatic heterocycles. The highest BCUT2D eigenvalue weighted by molar-refractivity contribution is 8.25. The lowest BCUT2D eigenvalue weighted by Gasteiger charge is -2.25. The molecule has 0 heterocycles. The molecule has 0 N–H and O–H groups in total.